The molecule has 2 aliphatic rings. The first kappa shape index (κ1) is 14.5. The molecule has 0 radical (unpaired) electrons. The van der Waals surface area contributed by atoms with Crippen LogP contribution in [0.5, 0.6) is 11.5 Å². The molecule has 0 unspecified atom stereocenters. The molecule has 5 aromatic carbocycles. The summed E-state index contributed by atoms with van der Waals surface area (Å²) in [5, 5.41) is 5.36. The van der Waals surface area contributed by atoms with E-state index in [0.29, 0.717) is 0 Å². The lowest BCUT2D eigenvalue weighted by atomic mass is 9.66. The molecule has 0 atom stereocenters. The quantitative estimate of drug-likeness (QED) is 0.272. The Morgan fingerprint density at radius 3 is 1.43 bits per heavy atom. The second-order valence-electron chi connectivity index (χ2n) is 7.72. The summed E-state index contributed by atoms with van der Waals surface area (Å²) in [6, 6.07) is 35.0. The fraction of sp³-hybridized carbons (Fsp3) is 0.0370. The van der Waals surface area contributed by atoms with Crippen molar-refractivity contribution >= 4 is 21.5 Å². The summed E-state index contributed by atoms with van der Waals surface area (Å²) >= 11 is 0. The van der Waals surface area contributed by atoms with E-state index in [2.05, 4.69) is 97.1 Å². The molecule has 130 valence electrons. The predicted molar refractivity (Wildman–Crippen MR) is 113 cm³/mol. The largest absolute Gasteiger partial charge is 0.457 e. The summed E-state index contributed by atoms with van der Waals surface area (Å²) in [6.45, 7) is 0. The highest BCUT2D eigenvalue weighted by atomic mass is 16.5. The Morgan fingerprint density at radius 2 is 0.893 bits per heavy atom. The summed E-state index contributed by atoms with van der Waals surface area (Å²) in [7, 11) is 0. The minimum absolute atomic E-state index is 0.339. The molecule has 0 saturated heterocycles. The lowest BCUT2D eigenvalue weighted by molar-refractivity contribution is 0.436. The molecule has 5 aromatic rings. The van der Waals surface area contributed by atoms with Crippen molar-refractivity contribution in [3.8, 4) is 11.5 Å². The third-order valence-electron chi connectivity index (χ3n) is 6.50. The average Bonchev–Trinajstić information content (AvgIpc) is 3.06. The van der Waals surface area contributed by atoms with Crippen LogP contribution in [0.1, 0.15) is 22.3 Å². The number of rotatable bonds is 0. The van der Waals surface area contributed by atoms with Crippen molar-refractivity contribution in [2.75, 3.05) is 0 Å². The Kier molecular flexibility index (Phi) is 2.49. The van der Waals surface area contributed by atoms with Gasteiger partial charge in [-0.25, -0.2) is 0 Å². The van der Waals surface area contributed by atoms with Gasteiger partial charge in [-0.1, -0.05) is 84.9 Å². The summed E-state index contributed by atoms with van der Waals surface area (Å²) in [5.41, 5.74) is 4.84. The van der Waals surface area contributed by atoms with E-state index in [1.807, 2.05) is 0 Å². The fourth-order valence-electron chi connectivity index (χ4n) is 5.50. The first-order chi connectivity index (χ1) is 13.9. The van der Waals surface area contributed by atoms with Crippen LogP contribution >= 0.6 is 0 Å². The maximum Gasteiger partial charge on any atom is 0.132 e. The van der Waals surface area contributed by atoms with Gasteiger partial charge in [-0.2, -0.15) is 0 Å². The second kappa shape index (κ2) is 4.82. The molecule has 1 nitrogen and oxygen atoms in total. The van der Waals surface area contributed by atoms with E-state index < -0.39 is 0 Å². The Morgan fingerprint density at radius 1 is 0.429 bits per heavy atom. The van der Waals surface area contributed by atoms with Crippen LogP contribution in [-0.4, -0.2) is 0 Å². The molecule has 1 aliphatic carbocycles. The summed E-state index contributed by atoms with van der Waals surface area (Å²) < 4.78 is 6.35. The van der Waals surface area contributed by atoms with Crippen LogP contribution in [-0.2, 0) is 5.41 Å². The molecule has 7 rings (SSSR count). The maximum atomic E-state index is 6.35. The van der Waals surface area contributed by atoms with Crippen LogP contribution in [0.25, 0.3) is 21.5 Å². The van der Waals surface area contributed by atoms with Gasteiger partial charge in [-0.3, -0.25) is 0 Å². The van der Waals surface area contributed by atoms with Crippen molar-refractivity contribution in [1.82, 2.24) is 0 Å². The van der Waals surface area contributed by atoms with E-state index in [1.54, 1.807) is 0 Å². The Labute approximate surface area is 162 Å². The normalized spacial score (nSPS) is 15.0. The molecular formula is C27H16O. The molecule has 0 aromatic heterocycles. The number of hydrogen-bond acceptors (Lipinski definition) is 1. The monoisotopic (exact) mass is 356 g/mol. The highest BCUT2D eigenvalue weighted by molar-refractivity contribution is 6.16. The van der Waals surface area contributed by atoms with Crippen LogP contribution in [0.15, 0.2) is 97.1 Å². The molecule has 0 saturated carbocycles. The van der Waals surface area contributed by atoms with E-state index in [9.17, 15) is 0 Å². The van der Waals surface area contributed by atoms with E-state index >= 15 is 0 Å². The van der Waals surface area contributed by atoms with Gasteiger partial charge in [0.25, 0.3) is 0 Å². The second-order valence-corrected chi connectivity index (χ2v) is 7.72. The molecule has 1 spiro atoms. The van der Waals surface area contributed by atoms with Gasteiger partial charge in [0.15, 0.2) is 0 Å². The topological polar surface area (TPSA) is 9.23 Å². The van der Waals surface area contributed by atoms with Gasteiger partial charge < -0.3 is 4.74 Å². The fourth-order valence-corrected chi connectivity index (χ4v) is 5.50. The molecule has 0 fully saturated rings. The van der Waals surface area contributed by atoms with E-state index in [1.165, 1.54) is 43.8 Å². The molecule has 0 N–H and O–H groups in total. The van der Waals surface area contributed by atoms with E-state index in [0.717, 1.165) is 11.5 Å². The Bertz CT molecular complexity index is 1330. The first-order valence-electron chi connectivity index (χ1n) is 9.71. The first-order valence-corrected chi connectivity index (χ1v) is 9.71. The van der Waals surface area contributed by atoms with Crippen LogP contribution in [0, 0.1) is 0 Å². The minimum Gasteiger partial charge on any atom is -0.457 e. The van der Waals surface area contributed by atoms with Crippen molar-refractivity contribution < 1.29 is 4.74 Å². The van der Waals surface area contributed by atoms with Crippen LogP contribution in [0.4, 0.5) is 0 Å². The predicted octanol–water partition coefficient (Wildman–Crippen LogP) is 6.79. The molecule has 1 heterocycles. The third kappa shape index (κ3) is 1.48. The number of hydrogen-bond donors (Lipinski definition) is 0. The van der Waals surface area contributed by atoms with Crippen molar-refractivity contribution in [2.24, 2.45) is 0 Å². The van der Waals surface area contributed by atoms with Gasteiger partial charge in [0.05, 0.1) is 5.41 Å². The molecular weight excluding hydrogens is 340 g/mol. The van der Waals surface area contributed by atoms with Crippen LogP contribution < -0.4 is 4.74 Å². The van der Waals surface area contributed by atoms with Gasteiger partial charge in [0.2, 0.25) is 0 Å². The van der Waals surface area contributed by atoms with Crippen LogP contribution in [0.3, 0.4) is 0 Å². The SMILES string of the molecule is c1ccc2c(c1)Oc1ccccc1C21c2cccc3ccc4cccc1c4c23. The summed E-state index contributed by atoms with van der Waals surface area (Å²) in [5.74, 6) is 1.89. The molecule has 0 amide bonds. The highest BCUT2D eigenvalue weighted by Crippen LogP contribution is 2.61. The number of benzene rings is 5. The lowest BCUT2D eigenvalue weighted by Gasteiger charge is -2.39. The van der Waals surface area contributed by atoms with E-state index in [4.69, 9.17) is 4.74 Å². The summed E-state index contributed by atoms with van der Waals surface area (Å²) in [4.78, 5) is 0. The van der Waals surface area contributed by atoms with Gasteiger partial charge in [0, 0.05) is 11.1 Å². The number of fused-ring (bicyclic) bond motifs is 6. The molecule has 1 aliphatic heterocycles. The Balaban J connectivity index is 1.80. The van der Waals surface area contributed by atoms with Gasteiger partial charge in [-0.05, 0) is 44.8 Å². The standard InChI is InChI=1S/C27H16O/c1-3-13-23-19(9-1)27(20-10-2-4-14-24(20)28-23)21-11-5-7-17-15-16-18-8-6-12-22(27)26(18)25(17)21/h1-16H. The zero-order valence-corrected chi connectivity index (χ0v) is 15.1. The van der Waals surface area contributed by atoms with Crippen molar-refractivity contribution in [1.29, 1.82) is 0 Å². The molecule has 28 heavy (non-hydrogen) atoms. The minimum atomic E-state index is -0.339. The zero-order valence-electron chi connectivity index (χ0n) is 15.1. The van der Waals surface area contributed by atoms with Crippen LogP contribution in [0.2, 0.25) is 0 Å². The van der Waals surface area contributed by atoms with Crippen molar-refractivity contribution in [3.63, 3.8) is 0 Å². The van der Waals surface area contributed by atoms with E-state index in [-0.39, 0.29) is 5.41 Å². The number of para-hydroxylation sites is 2. The lowest BCUT2D eigenvalue weighted by Crippen LogP contribution is -2.32. The number of ether oxygens (including phenoxy) is 1. The average molecular weight is 356 g/mol. The zero-order chi connectivity index (χ0) is 18.3. The van der Waals surface area contributed by atoms with Gasteiger partial charge in [-0.15, -0.1) is 0 Å². The van der Waals surface area contributed by atoms with Gasteiger partial charge in [0.1, 0.15) is 11.5 Å². The Hall–Kier alpha value is -3.58. The molecule has 1 heteroatoms. The van der Waals surface area contributed by atoms with Crippen molar-refractivity contribution in [3.05, 3.63) is 119 Å². The maximum absolute atomic E-state index is 6.35. The smallest absolute Gasteiger partial charge is 0.132 e. The third-order valence-corrected chi connectivity index (χ3v) is 6.50. The highest BCUT2D eigenvalue weighted by Gasteiger charge is 2.49. The summed E-state index contributed by atoms with van der Waals surface area (Å²) in [6.07, 6.45) is 0. The van der Waals surface area contributed by atoms with Crippen molar-refractivity contribution in [2.45, 2.75) is 5.41 Å². The van der Waals surface area contributed by atoms with Gasteiger partial charge >= 0.3 is 0 Å². The molecule has 0 bridgehead atoms.